The van der Waals surface area contributed by atoms with E-state index in [1.807, 2.05) is 16.7 Å². The van der Waals surface area contributed by atoms with Crippen LogP contribution in [0.15, 0.2) is 36.8 Å². The molecule has 3 heterocycles. The van der Waals surface area contributed by atoms with Crippen molar-refractivity contribution in [2.24, 2.45) is 0 Å². The van der Waals surface area contributed by atoms with Crippen molar-refractivity contribution in [1.29, 1.82) is 5.26 Å². The van der Waals surface area contributed by atoms with Gasteiger partial charge in [-0.1, -0.05) is 12.1 Å². The number of ether oxygens (including phenoxy) is 1. The number of likely N-dealkylation sites (tertiary alicyclic amines) is 1. The number of nitriles is 1. The summed E-state index contributed by atoms with van der Waals surface area (Å²) >= 11 is 0. The Hall–Kier alpha value is -2.90. The summed E-state index contributed by atoms with van der Waals surface area (Å²) < 4.78 is 45.6. The van der Waals surface area contributed by atoms with Crippen LogP contribution >= 0.6 is 0 Å². The highest BCUT2D eigenvalue weighted by molar-refractivity contribution is 5.87. The first-order chi connectivity index (χ1) is 14.8. The molecule has 0 aliphatic carbocycles. The van der Waals surface area contributed by atoms with Crippen LogP contribution in [0, 0.1) is 11.3 Å². The van der Waals surface area contributed by atoms with Crippen LogP contribution in [-0.2, 0) is 22.6 Å². The summed E-state index contributed by atoms with van der Waals surface area (Å²) in [6, 6.07) is 9.46. The minimum absolute atomic E-state index is 0.310. The summed E-state index contributed by atoms with van der Waals surface area (Å²) in [5.41, 5.74) is 1.52. The largest absolute Gasteiger partial charge is 0.406 e. The molecule has 164 valence electrons. The number of nitrogens with zero attached hydrogens (tertiary/aromatic N) is 5. The molecular formula is C21H22F3N5O2. The first-order valence-electron chi connectivity index (χ1n) is 9.98. The second-order valence-electron chi connectivity index (χ2n) is 7.98. The smallest absolute Gasteiger partial charge is 0.345 e. The summed E-state index contributed by atoms with van der Waals surface area (Å²) in [5, 5.41) is 8.92. The minimum Gasteiger partial charge on any atom is -0.345 e. The number of alkyl halides is 3. The predicted molar refractivity (Wildman–Crippen MR) is 103 cm³/mol. The number of hydrogen-bond acceptors (Lipinski definition) is 5. The van der Waals surface area contributed by atoms with Gasteiger partial charge in [-0.15, -0.1) is 0 Å². The maximum Gasteiger partial charge on any atom is 0.406 e. The lowest BCUT2D eigenvalue weighted by molar-refractivity contribution is -0.159. The summed E-state index contributed by atoms with van der Waals surface area (Å²) in [6.45, 7) is 0.752. The minimum atomic E-state index is -4.43. The number of piperidine rings is 1. The zero-order chi connectivity index (χ0) is 22.1. The van der Waals surface area contributed by atoms with E-state index in [4.69, 9.17) is 10.00 Å². The number of aromatic nitrogens is 2. The molecule has 0 N–H and O–H groups in total. The molecule has 2 aliphatic rings. The molecule has 10 heteroatoms. The Bertz CT molecular complexity index is 972. The van der Waals surface area contributed by atoms with Gasteiger partial charge in [0.1, 0.15) is 13.3 Å². The molecule has 0 radical (unpaired) electrons. The van der Waals surface area contributed by atoms with Crippen molar-refractivity contribution >= 4 is 5.91 Å². The van der Waals surface area contributed by atoms with Crippen LogP contribution in [0.25, 0.3) is 0 Å². The molecule has 4 rings (SSSR count). The molecule has 1 aromatic carbocycles. The van der Waals surface area contributed by atoms with Gasteiger partial charge in [-0.3, -0.25) is 9.69 Å². The molecule has 31 heavy (non-hydrogen) atoms. The lowest BCUT2D eigenvalue weighted by atomic mass is 9.90. The molecular weight excluding hydrogens is 411 g/mol. The monoisotopic (exact) mass is 433 g/mol. The highest BCUT2D eigenvalue weighted by Gasteiger charge is 2.51. The second kappa shape index (κ2) is 8.32. The molecule has 2 aliphatic heterocycles. The number of rotatable bonds is 5. The normalized spacial score (nSPS) is 19.2. The summed E-state index contributed by atoms with van der Waals surface area (Å²) in [5.74, 6) is -0.560. The van der Waals surface area contributed by atoms with Gasteiger partial charge in [0.25, 0.3) is 5.91 Å². The summed E-state index contributed by atoms with van der Waals surface area (Å²) in [6.07, 6.45) is -0.166. The third-order valence-electron chi connectivity index (χ3n) is 5.83. The van der Waals surface area contributed by atoms with E-state index in [1.54, 1.807) is 24.7 Å². The van der Waals surface area contributed by atoms with Gasteiger partial charge in [0.2, 0.25) is 0 Å². The van der Waals surface area contributed by atoms with Gasteiger partial charge in [0.05, 0.1) is 23.7 Å². The highest BCUT2D eigenvalue weighted by Crippen LogP contribution is 2.35. The Morgan fingerprint density at radius 2 is 1.87 bits per heavy atom. The van der Waals surface area contributed by atoms with Gasteiger partial charge in [-0.2, -0.15) is 18.4 Å². The first kappa shape index (κ1) is 21.3. The quantitative estimate of drug-likeness (QED) is 0.725. The van der Waals surface area contributed by atoms with Crippen LogP contribution in [0.2, 0.25) is 0 Å². The van der Waals surface area contributed by atoms with Gasteiger partial charge in [-0.05, 0) is 30.5 Å². The molecule has 2 saturated heterocycles. The molecule has 1 spiro atoms. The van der Waals surface area contributed by atoms with Gasteiger partial charge >= 0.3 is 6.18 Å². The fourth-order valence-electron chi connectivity index (χ4n) is 4.11. The van der Waals surface area contributed by atoms with Crippen molar-refractivity contribution in [2.75, 3.05) is 26.4 Å². The first-order valence-corrected chi connectivity index (χ1v) is 9.98. The molecule has 0 unspecified atom stereocenters. The van der Waals surface area contributed by atoms with Gasteiger partial charge in [0, 0.05) is 32.4 Å². The van der Waals surface area contributed by atoms with E-state index in [-0.39, 0.29) is 6.73 Å². The average molecular weight is 433 g/mol. The molecule has 2 fully saturated rings. The number of benzene rings is 1. The van der Waals surface area contributed by atoms with E-state index < -0.39 is 24.2 Å². The average Bonchev–Trinajstić information content (AvgIpc) is 3.29. The van der Waals surface area contributed by atoms with Crippen LogP contribution in [0.1, 0.15) is 29.7 Å². The van der Waals surface area contributed by atoms with Crippen LogP contribution in [0.4, 0.5) is 13.2 Å². The van der Waals surface area contributed by atoms with E-state index in [2.05, 4.69) is 16.0 Å². The highest BCUT2D eigenvalue weighted by atomic mass is 19.4. The molecule has 0 atom stereocenters. The van der Waals surface area contributed by atoms with Crippen LogP contribution in [0.3, 0.4) is 0 Å². The molecule has 1 aromatic heterocycles. The maximum absolute atomic E-state index is 12.7. The van der Waals surface area contributed by atoms with E-state index in [9.17, 15) is 18.0 Å². The van der Waals surface area contributed by atoms with E-state index in [0.717, 1.165) is 16.2 Å². The maximum atomic E-state index is 12.7. The number of hydrogen-bond donors (Lipinski definition) is 0. The van der Waals surface area contributed by atoms with Crippen molar-refractivity contribution in [1.82, 2.24) is 19.4 Å². The Morgan fingerprint density at radius 3 is 2.52 bits per heavy atom. The van der Waals surface area contributed by atoms with Crippen LogP contribution < -0.4 is 0 Å². The lowest BCUT2D eigenvalue weighted by Crippen LogP contribution is -2.50. The SMILES string of the molecule is N#Cc1ccc(Cn2cncc2CN2CCC3(CC2)OCN(CC(F)(F)F)C3=O)cc1. The molecule has 0 saturated carbocycles. The van der Waals surface area contributed by atoms with E-state index >= 15 is 0 Å². The lowest BCUT2D eigenvalue weighted by Gasteiger charge is -2.36. The van der Waals surface area contributed by atoms with E-state index in [1.165, 1.54) is 0 Å². The van der Waals surface area contributed by atoms with Crippen molar-refractivity contribution < 1.29 is 22.7 Å². The second-order valence-corrected chi connectivity index (χ2v) is 7.98. The van der Waals surface area contributed by atoms with Crippen LogP contribution in [-0.4, -0.2) is 63.4 Å². The van der Waals surface area contributed by atoms with Crippen molar-refractivity contribution in [3.63, 3.8) is 0 Å². The number of carbonyl (C=O) groups is 1. The fraction of sp³-hybridized carbons (Fsp3) is 0.476. The Balaban J connectivity index is 1.34. The van der Waals surface area contributed by atoms with Gasteiger partial charge in [-0.25, -0.2) is 4.98 Å². The van der Waals surface area contributed by atoms with Crippen molar-refractivity contribution in [3.05, 3.63) is 53.6 Å². The topological polar surface area (TPSA) is 74.4 Å². The number of imidazole rings is 1. The van der Waals surface area contributed by atoms with E-state index in [0.29, 0.717) is 44.6 Å². The molecule has 2 aromatic rings. The van der Waals surface area contributed by atoms with Crippen LogP contribution in [0.5, 0.6) is 0 Å². The zero-order valence-electron chi connectivity index (χ0n) is 16.8. The predicted octanol–water partition coefficient (Wildman–Crippen LogP) is 2.52. The Kier molecular flexibility index (Phi) is 5.73. The third kappa shape index (κ3) is 4.73. The van der Waals surface area contributed by atoms with Crippen molar-refractivity contribution in [3.8, 4) is 6.07 Å². The standard InChI is InChI=1S/C21H22F3N5O2/c22-21(23,24)13-29-15-31-20(19(29)30)5-7-27(8-6-20)12-18-10-26-14-28(18)11-17-3-1-16(9-25)2-4-17/h1-4,10,14H,5-8,11-13,15H2. The third-order valence-corrected chi connectivity index (χ3v) is 5.83. The van der Waals surface area contributed by atoms with Gasteiger partial charge in [0.15, 0.2) is 5.60 Å². The Morgan fingerprint density at radius 1 is 1.16 bits per heavy atom. The Labute approximate surface area is 177 Å². The van der Waals surface area contributed by atoms with Crippen molar-refractivity contribution in [2.45, 2.75) is 37.7 Å². The molecule has 1 amide bonds. The molecule has 0 bridgehead atoms. The number of amides is 1. The van der Waals surface area contributed by atoms with Gasteiger partial charge < -0.3 is 14.2 Å². The fourth-order valence-corrected chi connectivity index (χ4v) is 4.11. The number of halogens is 3. The molecule has 7 nitrogen and oxygen atoms in total. The zero-order valence-corrected chi connectivity index (χ0v) is 16.8. The summed E-state index contributed by atoms with van der Waals surface area (Å²) in [7, 11) is 0. The number of carbonyl (C=O) groups excluding carboxylic acids is 1. The summed E-state index contributed by atoms with van der Waals surface area (Å²) in [4.78, 5) is 19.7.